The molecule has 0 spiro atoms. The van der Waals surface area contributed by atoms with E-state index in [0.717, 1.165) is 30.3 Å². The molecule has 1 saturated heterocycles. The molecule has 70 valence electrons. The molecule has 1 heterocycles. The molecule has 0 amide bonds. The quantitative estimate of drug-likeness (QED) is 0.494. The van der Waals surface area contributed by atoms with Crippen LogP contribution >= 0.6 is 24.0 Å². The molecular weight excluding hydrogens is 202 g/mol. The maximum Gasteiger partial charge on any atom is 0.242 e. The first-order valence-electron chi connectivity index (χ1n) is 4.52. The van der Waals surface area contributed by atoms with Gasteiger partial charge >= 0.3 is 0 Å². The molecule has 0 aromatic carbocycles. The number of carbonyl (C=O) groups is 1. The van der Waals surface area contributed by atoms with E-state index in [2.05, 4.69) is 5.32 Å². The monoisotopic (exact) mass is 213 g/mol. The summed E-state index contributed by atoms with van der Waals surface area (Å²) in [6.07, 6.45) is 5.85. The predicted molar refractivity (Wildman–Crippen MR) is 58.4 cm³/mol. The van der Waals surface area contributed by atoms with E-state index in [4.69, 9.17) is 12.2 Å². The lowest BCUT2D eigenvalue weighted by molar-refractivity contribution is -0.107. The second kappa shape index (κ2) is 3.80. The molecule has 4 heteroatoms. The maximum absolute atomic E-state index is 11.4. The molecule has 0 aromatic heterocycles. The van der Waals surface area contributed by atoms with Crippen LogP contribution in [0.15, 0.2) is 11.3 Å². The number of allylic oxidation sites excluding steroid dienone is 1. The Bertz CT molecular complexity index is 288. The molecule has 2 rings (SSSR count). The van der Waals surface area contributed by atoms with E-state index in [1.807, 2.05) is 0 Å². The second-order valence-corrected chi connectivity index (χ2v) is 4.99. The SMILES string of the molecule is O=C1SC(=S)NC1=C1CCCCC1. The van der Waals surface area contributed by atoms with Crippen LogP contribution in [0.4, 0.5) is 0 Å². The van der Waals surface area contributed by atoms with Crippen LogP contribution < -0.4 is 5.32 Å². The van der Waals surface area contributed by atoms with Crippen LogP contribution in [0.25, 0.3) is 0 Å². The van der Waals surface area contributed by atoms with Crippen LogP contribution in [0.5, 0.6) is 0 Å². The van der Waals surface area contributed by atoms with E-state index in [1.54, 1.807) is 0 Å². The van der Waals surface area contributed by atoms with Crippen LogP contribution in [-0.2, 0) is 4.79 Å². The predicted octanol–water partition coefficient (Wildman–Crippen LogP) is 2.35. The summed E-state index contributed by atoms with van der Waals surface area (Å²) in [5.74, 6) is 0. The van der Waals surface area contributed by atoms with Crippen molar-refractivity contribution in [1.29, 1.82) is 0 Å². The van der Waals surface area contributed by atoms with Crippen LogP contribution in [-0.4, -0.2) is 9.44 Å². The van der Waals surface area contributed by atoms with Crippen LogP contribution in [0.2, 0.25) is 0 Å². The summed E-state index contributed by atoms with van der Waals surface area (Å²) in [5.41, 5.74) is 2.07. The molecule has 0 aromatic rings. The number of thioether (sulfide) groups is 1. The molecule has 13 heavy (non-hydrogen) atoms. The van der Waals surface area contributed by atoms with Crippen molar-refractivity contribution in [3.8, 4) is 0 Å². The van der Waals surface area contributed by atoms with Gasteiger partial charge in [-0.25, -0.2) is 0 Å². The number of rotatable bonds is 0. The first-order chi connectivity index (χ1) is 6.27. The summed E-state index contributed by atoms with van der Waals surface area (Å²) in [5, 5.41) is 3.11. The average Bonchev–Trinajstić information content (AvgIpc) is 2.47. The van der Waals surface area contributed by atoms with Crippen molar-refractivity contribution in [2.75, 3.05) is 0 Å². The zero-order valence-electron chi connectivity index (χ0n) is 7.26. The third-order valence-corrected chi connectivity index (χ3v) is 3.46. The Morgan fingerprint density at radius 1 is 1.23 bits per heavy atom. The third-order valence-electron chi connectivity index (χ3n) is 2.43. The van der Waals surface area contributed by atoms with E-state index in [-0.39, 0.29) is 5.12 Å². The summed E-state index contributed by atoms with van der Waals surface area (Å²) in [4.78, 5) is 11.4. The lowest BCUT2D eigenvalue weighted by atomic mass is 9.93. The summed E-state index contributed by atoms with van der Waals surface area (Å²) in [6.45, 7) is 0. The van der Waals surface area contributed by atoms with Gasteiger partial charge in [0, 0.05) is 0 Å². The van der Waals surface area contributed by atoms with Gasteiger partial charge in [0.2, 0.25) is 5.12 Å². The topological polar surface area (TPSA) is 29.1 Å². The van der Waals surface area contributed by atoms with Gasteiger partial charge in [0.25, 0.3) is 0 Å². The molecular formula is C9H11NOS2. The van der Waals surface area contributed by atoms with Gasteiger partial charge in [-0.2, -0.15) is 0 Å². The van der Waals surface area contributed by atoms with Crippen molar-refractivity contribution < 1.29 is 4.79 Å². The minimum absolute atomic E-state index is 0.113. The fourth-order valence-electron chi connectivity index (χ4n) is 1.78. The lowest BCUT2D eigenvalue weighted by Crippen LogP contribution is -2.14. The highest BCUT2D eigenvalue weighted by molar-refractivity contribution is 8.33. The molecule has 0 atom stereocenters. The average molecular weight is 213 g/mol. The molecule has 1 aliphatic carbocycles. The Morgan fingerprint density at radius 3 is 2.46 bits per heavy atom. The Balaban J connectivity index is 2.21. The number of nitrogens with one attached hydrogen (secondary N) is 1. The van der Waals surface area contributed by atoms with E-state index in [0.29, 0.717) is 4.32 Å². The van der Waals surface area contributed by atoms with Gasteiger partial charge in [0.15, 0.2) is 0 Å². The van der Waals surface area contributed by atoms with E-state index < -0.39 is 0 Å². The lowest BCUT2D eigenvalue weighted by Gasteiger charge is -2.15. The molecule has 0 unspecified atom stereocenters. The van der Waals surface area contributed by atoms with Gasteiger partial charge in [-0.15, -0.1) is 0 Å². The molecule has 0 bridgehead atoms. The fraction of sp³-hybridized carbons (Fsp3) is 0.556. The van der Waals surface area contributed by atoms with Crippen molar-refractivity contribution >= 4 is 33.4 Å². The zero-order valence-corrected chi connectivity index (χ0v) is 8.89. The van der Waals surface area contributed by atoms with Gasteiger partial charge in [-0.3, -0.25) is 4.79 Å². The number of thiocarbonyl (C=S) groups is 1. The summed E-state index contributed by atoms with van der Waals surface area (Å²) in [7, 11) is 0. The number of hydrogen-bond donors (Lipinski definition) is 1. The second-order valence-electron chi connectivity index (χ2n) is 3.34. The Hall–Kier alpha value is -0.350. The van der Waals surface area contributed by atoms with Crippen molar-refractivity contribution in [1.82, 2.24) is 5.32 Å². The minimum Gasteiger partial charge on any atom is -0.337 e. The van der Waals surface area contributed by atoms with Gasteiger partial charge in [0.1, 0.15) is 4.32 Å². The number of hydrogen-bond acceptors (Lipinski definition) is 3. The fourth-order valence-corrected chi connectivity index (χ4v) is 2.72. The Labute approximate surface area is 87.2 Å². The summed E-state index contributed by atoms with van der Waals surface area (Å²) >= 11 is 6.09. The van der Waals surface area contributed by atoms with Gasteiger partial charge < -0.3 is 5.32 Å². The van der Waals surface area contributed by atoms with Gasteiger partial charge in [0.05, 0.1) is 5.70 Å². The van der Waals surface area contributed by atoms with Crippen LogP contribution in [0.3, 0.4) is 0 Å². The molecule has 2 fully saturated rings. The number of carbonyl (C=O) groups excluding carboxylic acids is 1. The standard InChI is InChI=1S/C9H11NOS2/c11-8-7(10-9(12)13-8)6-4-2-1-3-5-6/h1-5H2,(H,10,12). The highest BCUT2D eigenvalue weighted by Crippen LogP contribution is 2.30. The van der Waals surface area contributed by atoms with Crippen molar-refractivity contribution in [2.24, 2.45) is 0 Å². The van der Waals surface area contributed by atoms with Crippen LogP contribution in [0, 0.1) is 0 Å². The van der Waals surface area contributed by atoms with Gasteiger partial charge in [-0.1, -0.05) is 18.6 Å². The smallest absolute Gasteiger partial charge is 0.242 e. The highest BCUT2D eigenvalue weighted by atomic mass is 32.2. The zero-order chi connectivity index (χ0) is 9.26. The Morgan fingerprint density at radius 2 is 1.92 bits per heavy atom. The van der Waals surface area contributed by atoms with Crippen molar-refractivity contribution in [2.45, 2.75) is 32.1 Å². The van der Waals surface area contributed by atoms with Crippen molar-refractivity contribution in [3.05, 3.63) is 11.3 Å². The summed E-state index contributed by atoms with van der Waals surface area (Å²) < 4.78 is 0.609. The van der Waals surface area contributed by atoms with Gasteiger partial charge in [-0.05, 0) is 43.0 Å². The largest absolute Gasteiger partial charge is 0.337 e. The van der Waals surface area contributed by atoms with Crippen molar-refractivity contribution in [3.63, 3.8) is 0 Å². The molecule has 1 saturated carbocycles. The molecule has 1 aliphatic heterocycles. The third kappa shape index (κ3) is 1.94. The molecule has 0 radical (unpaired) electrons. The normalized spacial score (nSPS) is 23.7. The molecule has 1 N–H and O–H groups in total. The summed E-state index contributed by atoms with van der Waals surface area (Å²) in [6, 6.07) is 0. The molecule has 2 aliphatic rings. The first kappa shape index (κ1) is 9.21. The van der Waals surface area contributed by atoms with Crippen LogP contribution in [0.1, 0.15) is 32.1 Å². The Kier molecular flexibility index (Phi) is 2.69. The highest BCUT2D eigenvalue weighted by Gasteiger charge is 2.26. The van der Waals surface area contributed by atoms with E-state index in [9.17, 15) is 4.79 Å². The minimum atomic E-state index is 0.113. The first-order valence-corrected chi connectivity index (χ1v) is 5.75. The molecule has 2 nitrogen and oxygen atoms in total. The van der Waals surface area contributed by atoms with E-state index >= 15 is 0 Å². The maximum atomic E-state index is 11.4. The van der Waals surface area contributed by atoms with E-state index in [1.165, 1.54) is 24.8 Å².